The highest BCUT2D eigenvalue weighted by Gasteiger charge is 2.63. The average Bonchev–Trinajstić information content (AvgIpc) is 2.87. The third-order valence-electron chi connectivity index (χ3n) is 5.11. The largest absolute Gasteiger partial charge is 0.467 e. The topological polar surface area (TPSA) is 76.7 Å². The van der Waals surface area contributed by atoms with E-state index in [9.17, 15) is 27.2 Å². The van der Waals surface area contributed by atoms with E-state index < -0.39 is 45.8 Å². The molecule has 0 heterocycles. The quantitative estimate of drug-likeness (QED) is 0.252. The van der Waals surface area contributed by atoms with E-state index in [-0.39, 0.29) is 12.8 Å². The van der Waals surface area contributed by atoms with Gasteiger partial charge in [0.1, 0.15) is 12.1 Å². The normalized spacial score (nSPS) is 13.2. The SMILES string of the molecule is COC(=O)[C@H](Cc1ccccc1)NC(=S)C(F)(F)C(F)(F)C(=S)N[C@@H](Cc1ccccc1)C(=O)OC. The molecular formula is C24H24F4N2O4S2. The number of methoxy groups -OCH3 is 2. The smallest absolute Gasteiger partial charge is 0.366 e. The number of thiocarbonyl (C=S) groups is 2. The van der Waals surface area contributed by atoms with Crippen LogP contribution in [0.1, 0.15) is 11.1 Å². The van der Waals surface area contributed by atoms with Crippen LogP contribution in [0.3, 0.4) is 0 Å². The number of hydrogen-bond donors (Lipinski definition) is 2. The molecule has 0 spiro atoms. The molecule has 0 aliphatic heterocycles. The number of nitrogens with one attached hydrogen (secondary N) is 2. The minimum Gasteiger partial charge on any atom is -0.467 e. The van der Waals surface area contributed by atoms with Crippen LogP contribution in [-0.4, -0.2) is 60.1 Å². The van der Waals surface area contributed by atoms with E-state index in [1.54, 1.807) is 60.7 Å². The molecule has 0 saturated heterocycles. The van der Waals surface area contributed by atoms with Crippen LogP contribution in [0.25, 0.3) is 0 Å². The van der Waals surface area contributed by atoms with Crippen LogP contribution in [0.15, 0.2) is 60.7 Å². The third kappa shape index (κ3) is 7.20. The van der Waals surface area contributed by atoms with E-state index in [1.165, 1.54) is 0 Å². The summed E-state index contributed by atoms with van der Waals surface area (Å²) in [5.74, 6) is -12.0. The molecule has 2 N–H and O–H groups in total. The molecule has 0 amide bonds. The predicted octanol–water partition coefficient (Wildman–Crippen LogP) is 3.66. The Balaban J connectivity index is 2.20. The highest BCUT2D eigenvalue weighted by atomic mass is 32.1. The maximum atomic E-state index is 14.9. The zero-order valence-electron chi connectivity index (χ0n) is 19.3. The van der Waals surface area contributed by atoms with E-state index in [4.69, 9.17) is 0 Å². The zero-order valence-corrected chi connectivity index (χ0v) is 20.9. The van der Waals surface area contributed by atoms with Crippen molar-refractivity contribution in [1.29, 1.82) is 0 Å². The first kappa shape index (κ1) is 29.1. The molecule has 2 aromatic rings. The molecule has 0 fully saturated rings. The van der Waals surface area contributed by atoms with Crippen molar-refractivity contribution in [1.82, 2.24) is 10.6 Å². The van der Waals surface area contributed by atoms with Crippen molar-refractivity contribution < 1.29 is 36.6 Å². The van der Waals surface area contributed by atoms with Crippen molar-refractivity contribution in [3.05, 3.63) is 71.8 Å². The van der Waals surface area contributed by atoms with Gasteiger partial charge in [0.25, 0.3) is 0 Å². The number of halogens is 4. The lowest BCUT2D eigenvalue weighted by atomic mass is 10.0. The second-order valence-corrected chi connectivity index (χ2v) is 8.44. The van der Waals surface area contributed by atoms with Gasteiger partial charge in [0.2, 0.25) is 0 Å². The summed E-state index contributed by atoms with van der Waals surface area (Å²) in [6, 6.07) is 13.6. The average molecular weight is 545 g/mol. The van der Waals surface area contributed by atoms with Gasteiger partial charge in [-0.2, -0.15) is 17.6 Å². The number of rotatable bonds is 11. The van der Waals surface area contributed by atoms with Crippen LogP contribution < -0.4 is 10.6 Å². The Morgan fingerprint density at radius 2 is 1.03 bits per heavy atom. The number of carbonyl (C=O) groups is 2. The minimum atomic E-state index is -5.01. The first-order valence-electron chi connectivity index (χ1n) is 10.5. The summed E-state index contributed by atoms with van der Waals surface area (Å²) in [4.78, 5) is 21.0. The van der Waals surface area contributed by atoms with Gasteiger partial charge in [-0.1, -0.05) is 85.1 Å². The summed E-state index contributed by atoms with van der Waals surface area (Å²) < 4.78 is 68.9. The second kappa shape index (κ2) is 12.7. The molecule has 194 valence electrons. The Bertz CT molecular complexity index is 987. The summed E-state index contributed by atoms with van der Waals surface area (Å²) in [5.41, 5.74) is 1.11. The Hall–Kier alpha value is -3.12. The first-order chi connectivity index (χ1) is 16.9. The number of carbonyl (C=O) groups excluding carboxylic acids is 2. The molecule has 12 heteroatoms. The number of benzene rings is 2. The van der Waals surface area contributed by atoms with E-state index >= 15 is 0 Å². The van der Waals surface area contributed by atoms with Crippen LogP contribution in [0.4, 0.5) is 17.6 Å². The zero-order chi connectivity index (χ0) is 26.9. The number of alkyl halides is 4. The fourth-order valence-electron chi connectivity index (χ4n) is 3.15. The van der Waals surface area contributed by atoms with Crippen molar-refractivity contribution in [3.63, 3.8) is 0 Å². The lowest BCUT2D eigenvalue weighted by molar-refractivity contribution is -0.144. The van der Waals surface area contributed by atoms with Crippen molar-refractivity contribution in [2.45, 2.75) is 36.8 Å². The predicted molar refractivity (Wildman–Crippen MR) is 133 cm³/mol. The molecule has 2 atom stereocenters. The molecule has 0 radical (unpaired) electrons. The number of ether oxygens (including phenoxy) is 2. The van der Waals surface area contributed by atoms with Crippen LogP contribution >= 0.6 is 24.4 Å². The Morgan fingerprint density at radius 3 is 1.31 bits per heavy atom. The van der Waals surface area contributed by atoms with Crippen molar-refractivity contribution in [3.8, 4) is 0 Å². The molecule has 0 aromatic heterocycles. The van der Waals surface area contributed by atoms with Gasteiger partial charge in [-0.05, 0) is 11.1 Å². The standard InChI is InChI=1S/C24H24F4N2O4S2/c1-33-19(31)17(13-15-9-5-3-6-10-15)29-21(35)23(25,26)24(27,28)22(36)30-18(20(32)34-2)14-16-11-7-4-8-12-16/h3-12,17-18H,13-14H2,1-2H3,(H,29,35)(H,30,36)/t17-,18-/m0/s1. The fourth-order valence-corrected chi connectivity index (χ4v) is 3.69. The highest BCUT2D eigenvalue weighted by Crippen LogP contribution is 2.36. The molecule has 36 heavy (non-hydrogen) atoms. The second-order valence-electron chi connectivity index (χ2n) is 7.63. The van der Waals surface area contributed by atoms with Gasteiger partial charge in [-0.25, -0.2) is 9.59 Å². The van der Waals surface area contributed by atoms with Gasteiger partial charge < -0.3 is 20.1 Å². The Labute approximate surface area is 216 Å². The summed E-state index contributed by atoms with van der Waals surface area (Å²) in [6.07, 6.45) is -0.307. The van der Waals surface area contributed by atoms with Crippen molar-refractivity contribution in [2.75, 3.05) is 14.2 Å². The first-order valence-corrected chi connectivity index (χ1v) is 11.4. The van der Waals surface area contributed by atoms with Gasteiger partial charge in [0.15, 0.2) is 9.98 Å². The van der Waals surface area contributed by atoms with Gasteiger partial charge >= 0.3 is 23.8 Å². The molecule has 0 aliphatic carbocycles. The Morgan fingerprint density at radius 1 is 0.722 bits per heavy atom. The van der Waals surface area contributed by atoms with Gasteiger partial charge in [-0.15, -0.1) is 0 Å². The molecule has 0 saturated carbocycles. The lowest BCUT2D eigenvalue weighted by Gasteiger charge is -2.31. The molecule has 6 nitrogen and oxygen atoms in total. The van der Waals surface area contributed by atoms with Gasteiger partial charge in [-0.3, -0.25) is 0 Å². The van der Waals surface area contributed by atoms with E-state index in [1.807, 2.05) is 10.6 Å². The Kier molecular flexibility index (Phi) is 10.3. The van der Waals surface area contributed by atoms with Crippen LogP contribution in [0, 0.1) is 0 Å². The minimum absolute atomic E-state index is 0.153. The van der Waals surface area contributed by atoms with E-state index in [2.05, 4.69) is 33.9 Å². The highest BCUT2D eigenvalue weighted by molar-refractivity contribution is 7.81. The molecular weight excluding hydrogens is 520 g/mol. The maximum Gasteiger partial charge on any atom is 0.366 e. The van der Waals surface area contributed by atoms with E-state index in [0.29, 0.717) is 11.1 Å². The summed E-state index contributed by atoms with van der Waals surface area (Å²) >= 11 is 9.16. The molecule has 0 aliphatic rings. The van der Waals surface area contributed by atoms with Crippen LogP contribution in [0.5, 0.6) is 0 Å². The van der Waals surface area contributed by atoms with Crippen molar-refractivity contribution >= 4 is 46.4 Å². The summed E-state index contributed by atoms with van der Waals surface area (Å²) in [6.45, 7) is 0. The summed E-state index contributed by atoms with van der Waals surface area (Å²) in [5, 5.41) is 3.98. The van der Waals surface area contributed by atoms with Gasteiger partial charge in [0.05, 0.1) is 14.2 Å². The number of hydrogen-bond acceptors (Lipinski definition) is 6. The molecule has 2 rings (SSSR count). The summed E-state index contributed by atoms with van der Waals surface area (Å²) in [7, 11) is 2.05. The third-order valence-corrected chi connectivity index (χ3v) is 5.86. The molecule has 0 bridgehead atoms. The van der Waals surface area contributed by atoms with E-state index in [0.717, 1.165) is 14.2 Å². The number of esters is 2. The lowest BCUT2D eigenvalue weighted by Crippen LogP contribution is -2.62. The fraction of sp³-hybridized carbons (Fsp3) is 0.333. The molecule has 2 aromatic carbocycles. The van der Waals surface area contributed by atoms with Crippen LogP contribution in [0.2, 0.25) is 0 Å². The molecule has 0 unspecified atom stereocenters. The van der Waals surface area contributed by atoms with Gasteiger partial charge in [0, 0.05) is 12.8 Å². The monoisotopic (exact) mass is 544 g/mol. The van der Waals surface area contributed by atoms with Crippen molar-refractivity contribution in [2.24, 2.45) is 0 Å². The van der Waals surface area contributed by atoms with Crippen LogP contribution in [-0.2, 0) is 31.9 Å². The maximum absolute atomic E-state index is 14.9.